The second-order valence-electron chi connectivity index (χ2n) is 11.8. The van der Waals surface area contributed by atoms with Crippen LogP contribution < -0.4 is 16.8 Å². The Balaban J connectivity index is 0.000000620. The first-order valence-corrected chi connectivity index (χ1v) is 13.0. The molecule has 0 aliphatic heterocycles. The Kier molecular flexibility index (Phi) is 14.2. The predicted octanol–water partition coefficient (Wildman–Crippen LogP) is 5.71. The Labute approximate surface area is 247 Å². The summed E-state index contributed by atoms with van der Waals surface area (Å²) < 4.78 is 18.9. The predicted molar refractivity (Wildman–Crippen MR) is 158 cm³/mol. The number of amides is 1. The molecule has 0 saturated carbocycles. The molecular formula is C29H44N6O7. The molecule has 0 saturated heterocycles. The molecule has 2 rings (SSSR count). The van der Waals surface area contributed by atoms with E-state index >= 15 is 0 Å². The highest BCUT2D eigenvalue weighted by Crippen LogP contribution is 2.12. The number of alkyl carbamates (subject to hydrolysis) is 1. The molecule has 42 heavy (non-hydrogen) atoms. The molecule has 0 bridgehead atoms. The first-order valence-electron chi connectivity index (χ1n) is 13.0. The third kappa shape index (κ3) is 18.6. The van der Waals surface area contributed by atoms with E-state index in [9.17, 15) is 14.4 Å². The van der Waals surface area contributed by atoms with Crippen LogP contribution in [-0.4, -0.2) is 45.2 Å². The summed E-state index contributed by atoms with van der Waals surface area (Å²) in [6, 6.07) is 8.84. The summed E-state index contributed by atoms with van der Waals surface area (Å²) in [7, 11) is 0. The number of anilines is 2. The van der Waals surface area contributed by atoms with E-state index in [0.29, 0.717) is 29.4 Å². The van der Waals surface area contributed by atoms with Crippen molar-refractivity contribution in [2.24, 2.45) is 0 Å². The van der Waals surface area contributed by atoms with Crippen molar-refractivity contribution in [2.75, 3.05) is 11.5 Å². The van der Waals surface area contributed by atoms with Crippen molar-refractivity contribution in [3.63, 3.8) is 0 Å². The highest BCUT2D eigenvalue weighted by atomic mass is 16.8. The molecule has 2 heterocycles. The molecule has 2 aromatic rings. The lowest BCUT2D eigenvalue weighted by atomic mass is 10.2. The van der Waals surface area contributed by atoms with Crippen LogP contribution in [0.1, 0.15) is 84.8 Å². The number of carbonyl (C=O) groups excluding carboxylic acids is 3. The van der Waals surface area contributed by atoms with Crippen molar-refractivity contribution >= 4 is 30.0 Å². The van der Waals surface area contributed by atoms with Crippen LogP contribution in [0.2, 0.25) is 0 Å². The molecule has 1 amide bonds. The largest absolute Gasteiger partial charge is 0.519 e. The van der Waals surface area contributed by atoms with E-state index in [2.05, 4.69) is 20.0 Å². The summed E-state index contributed by atoms with van der Waals surface area (Å²) >= 11 is 0. The fourth-order valence-corrected chi connectivity index (χ4v) is 2.59. The van der Waals surface area contributed by atoms with Gasteiger partial charge < -0.3 is 35.7 Å². The smallest absolute Gasteiger partial charge is 0.444 e. The molecule has 0 aliphatic carbocycles. The van der Waals surface area contributed by atoms with Gasteiger partial charge in [-0.05, 0) is 99.9 Å². The molecule has 13 nitrogen and oxygen atoms in total. The van der Waals surface area contributed by atoms with E-state index < -0.39 is 35.2 Å². The maximum atomic E-state index is 11.4. The number of nitrogen functional groups attached to an aromatic ring is 2. The van der Waals surface area contributed by atoms with Crippen LogP contribution in [-0.2, 0) is 25.5 Å². The third-order valence-electron chi connectivity index (χ3n) is 4.21. The van der Waals surface area contributed by atoms with Crippen LogP contribution >= 0.6 is 0 Å². The summed E-state index contributed by atoms with van der Waals surface area (Å²) in [6.07, 6.45) is -2.55. The second-order valence-corrected chi connectivity index (χ2v) is 11.8. The van der Waals surface area contributed by atoms with Gasteiger partial charge in [-0.2, -0.15) is 5.26 Å². The monoisotopic (exact) mass is 588 g/mol. The Bertz CT molecular complexity index is 1230. The number of hydrogen-bond acceptors (Lipinski definition) is 12. The minimum Gasteiger partial charge on any atom is -0.444 e. The number of rotatable bonds is 2. The Morgan fingerprint density at radius 3 is 1.57 bits per heavy atom. The Hall–Kier alpha value is -4.60. The maximum absolute atomic E-state index is 11.4. The molecule has 0 spiro atoms. The maximum Gasteiger partial charge on any atom is 0.519 e. The van der Waals surface area contributed by atoms with E-state index in [0.717, 1.165) is 11.3 Å². The van der Waals surface area contributed by atoms with E-state index in [1.165, 1.54) is 0 Å². The average Bonchev–Trinajstić information content (AvgIpc) is 2.75. The van der Waals surface area contributed by atoms with Gasteiger partial charge in [0.15, 0.2) is 0 Å². The molecule has 0 fully saturated rings. The van der Waals surface area contributed by atoms with Gasteiger partial charge in [-0.15, -0.1) is 0 Å². The van der Waals surface area contributed by atoms with Crippen molar-refractivity contribution in [3.05, 3.63) is 46.8 Å². The average molecular weight is 589 g/mol. The van der Waals surface area contributed by atoms with Crippen molar-refractivity contribution in [1.82, 2.24) is 15.3 Å². The van der Waals surface area contributed by atoms with Crippen LogP contribution in [0.5, 0.6) is 0 Å². The van der Waals surface area contributed by atoms with Crippen LogP contribution in [0, 0.1) is 25.2 Å². The number of ether oxygens (including phenoxy) is 4. The number of aromatic nitrogens is 2. The van der Waals surface area contributed by atoms with Gasteiger partial charge in [0, 0.05) is 12.2 Å². The zero-order chi connectivity index (χ0) is 32.9. The molecule has 0 atom stereocenters. The third-order valence-corrected chi connectivity index (χ3v) is 4.21. The van der Waals surface area contributed by atoms with Crippen molar-refractivity contribution in [3.8, 4) is 6.07 Å². The zero-order valence-electron chi connectivity index (χ0n) is 26.4. The van der Waals surface area contributed by atoms with Gasteiger partial charge in [0.2, 0.25) is 0 Å². The number of carbonyl (C=O) groups is 3. The van der Waals surface area contributed by atoms with Gasteiger partial charge in [-0.25, -0.2) is 24.4 Å². The molecule has 0 aromatic carbocycles. The molecule has 5 N–H and O–H groups in total. The number of nitriles is 1. The summed E-state index contributed by atoms with van der Waals surface area (Å²) in [4.78, 5) is 41.5. The Morgan fingerprint density at radius 2 is 1.19 bits per heavy atom. The fraction of sp³-hybridized carbons (Fsp3) is 0.517. The first kappa shape index (κ1) is 37.4. The second kappa shape index (κ2) is 16.0. The molecule has 0 aliphatic rings. The van der Waals surface area contributed by atoms with Gasteiger partial charge in [-0.1, -0.05) is 6.07 Å². The van der Waals surface area contributed by atoms with Crippen molar-refractivity contribution < 1.29 is 33.3 Å². The minimum atomic E-state index is -1.06. The highest BCUT2D eigenvalue weighted by Gasteiger charge is 2.24. The summed E-state index contributed by atoms with van der Waals surface area (Å²) in [5, 5.41) is 11.2. The van der Waals surface area contributed by atoms with Gasteiger partial charge in [0.1, 0.15) is 34.5 Å². The Morgan fingerprint density at radius 1 is 0.762 bits per heavy atom. The van der Waals surface area contributed by atoms with Crippen LogP contribution in [0.15, 0.2) is 24.3 Å². The standard InChI is InChI=1S/C12H19N3O2.C10H18O5.C7H7N3/c1-8-9(5-6-10(13)15-8)7-14-11(16)17-12(2,3)4;1-9(2,3)14-7(11)13-8(12)15-10(4,5)6;1-5-6(4-8)2-3-7(9)10-5/h5-6H,7H2,1-4H3,(H2,13,15)(H,14,16);1-6H3;2-3H,1H3,(H2,9,10). The van der Waals surface area contributed by atoms with Crippen LogP contribution in [0.4, 0.5) is 26.0 Å². The molecule has 2 aromatic heterocycles. The molecule has 13 heteroatoms. The van der Waals surface area contributed by atoms with E-state index in [1.54, 1.807) is 66.7 Å². The molecule has 0 unspecified atom stereocenters. The van der Waals surface area contributed by atoms with Crippen molar-refractivity contribution in [2.45, 2.75) is 99.5 Å². The quantitative estimate of drug-likeness (QED) is 0.219. The lowest BCUT2D eigenvalue weighted by Gasteiger charge is -2.20. The van der Waals surface area contributed by atoms with Gasteiger partial charge in [-0.3, -0.25) is 0 Å². The normalized spacial score (nSPS) is 10.8. The van der Waals surface area contributed by atoms with Crippen LogP contribution in [0.25, 0.3) is 0 Å². The minimum absolute atomic E-state index is 0.383. The summed E-state index contributed by atoms with van der Waals surface area (Å²) in [5.74, 6) is 0.931. The van der Waals surface area contributed by atoms with E-state index in [-0.39, 0.29) is 0 Å². The van der Waals surface area contributed by atoms with E-state index in [1.807, 2.05) is 39.8 Å². The van der Waals surface area contributed by atoms with Gasteiger partial charge in [0.05, 0.1) is 11.3 Å². The summed E-state index contributed by atoms with van der Waals surface area (Å²) in [5.41, 5.74) is 12.0. The van der Waals surface area contributed by atoms with Gasteiger partial charge >= 0.3 is 18.4 Å². The number of hydrogen-bond donors (Lipinski definition) is 3. The van der Waals surface area contributed by atoms with Gasteiger partial charge in [0.25, 0.3) is 0 Å². The molecule has 232 valence electrons. The highest BCUT2D eigenvalue weighted by molar-refractivity contribution is 5.77. The summed E-state index contributed by atoms with van der Waals surface area (Å²) in [6.45, 7) is 19.5. The molecular weight excluding hydrogens is 544 g/mol. The number of pyridine rings is 2. The van der Waals surface area contributed by atoms with E-state index in [4.69, 9.17) is 30.9 Å². The van der Waals surface area contributed by atoms with Crippen LogP contribution in [0.3, 0.4) is 0 Å². The zero-order valence-corrected chi connectivity index (χ0v) is 26.4. The lowest BCUT2D eigenvalue weighted by molar-refractivity contribution is -0.0294. The lowest BCUT2D eigenvalue weighted by Crippen LogP contribution is -2.32. The molecule has 0 radical (unpaired) electrons. The number of nitrogens with two attached hydrogens (primary N) is 2. The number of nitrogens with one attached hydrogen (secondary N) is 1. The SMILES string of the molecule is CC(C)(C)OC(=O)OC(=O)OC(C)(C)C.Cc1nc(N)ccc1C#N.Cc1nc(N)ccc1CNC(=O)OC(C)(C)C. The topological polar surface area (TPSA) is 202 Å². The van der Waals surface area contributed by atoms with Crippen molar-refractivity contribution in [1.29, 1.82) is 5.26 Å². The number of aryl methyl sites for hydroxylation is 2. The number of nitrogens with zero attached hydrogens (tertiary/aromatic N) is 3. The fourth-order valence-electron chi connectivity index (χ4n) is 2.59. The first-order chi connectivity index (χ1) is 19.0.